The molecule has 5 nitrogen and oxygen atoms in total. The number of morpholine rings is 1. The van der Waals surface area contributed by atoms with Crippen LogP contribution in [0.2, 0.25) is 10.0 Å². The van der Waals surface area contributed by atoms with E-state index in [2.05, 4.69) is 5.32 Å². The number of carbonyl (C=O) groups is 2. The van der Waals surface area contributed by atoms with E-state index in [1.807, 2.05) is 31.2 Å². The Kier molecular flexibility index (Phi) is 5.81. The van der Waals surface area contributed by atoms with E-state index in [-0.39, 0.29) is 31.1 Å². The second kappa shape index (κ2) is 8.08. The lowest BCUT2D eigenvalue weighted by atomic mass is 10.1. The Labute approximate surface area is 161 Å². The first-order valence-electron chi connectivity index (χ1n) is 8.16. The number of nitrogens with one attached hydrogen (secondary N) is 1. The monoisotopic (exact) mass is 392 g/mol. The third-order valence-electron chi connectivity index (χ3n) is 4.15. The molecule has 0 spiro atoms. The summed E-state index contributed by atoms with van der Waals surface area (Å²) in [5.41, 5.74) is 2.37. The van der Waals surface area contributed by atoms with Crippen molar-refractivity contribution < 1.29 is 14.3 Å². The molecule has 1 N–H and O–H groups in total. The first-order chi connectivity index (χ1) is 12.4. The maximum absolute atomic E-state index is 12.3. The summed E-state index contributed by atoms with van der Waals surface area (Å²) < 4.78 is 5.54. The first-order valence-corrected chi connectivity index (χ1v) is 8.91. The summed E-state index contributed by atoms with van der Waals surface area (Å²) in [6.07, 6.45) is -0.291. The Hall–Kier alpha value is -2.08. The van der Waals surface area contributed by atoms with Gasteiger partial charge >= 0.3 is 0 Å². The minimum atomic E-state index is -0.291. The normalized spacial score (nSPS) is 17.3. The van der Waals surface area contributed by atoms with Crippen LogP contribution >= 0.6 is 23.2 Å². The predicted molar refractivity (Wildman–Crippen MR) is 102 cm³/mol. The van der Waals surface area contributed by atoms with Gasteiger partial charge in [0.1, 0.15) is 6.61 Å². The fourth-order valence-electron chi connectivity index (χ4n) is 2.67. The molecule has 2 aromatic rings. The summed E-state index contributed by atoms with van der Waals surface area (Å²) in [6, 6.07) is 12.4. The second-order valence-corrected chi connectivity index (χ2v) is 6.93. The van der Waals surface area contributed by atoms with Crippen molar-refractivity contribution in [3.05, 3.63) is 63.6 Å². The highest BCUT2D eigenvalue weighted by atomic mass is 35.5. The number of rotatable bonds is 4. The number of hydrogen-bond donors (Lipinski definition) is 1. The zero-order chi connectivity index (χ0) is 18.7. The van der Waals surface area contributed by atoms with Gasteiger partial charge in [0.15, 0.2) is 0 Å². The van der Waals surface area contributed by atoms with Crippen molar-refractivity contribution in [1.29, 1.82) is 0 Å². The fraction of sp³-hybridized carbons (Fsp3) is 0.263. The molecular formula is C19H18Cl2N2O3. The zero-order valence-electron chi connectivity index (χ0n) is 14.2. The molecule has 2 amide bonds. The van der Waals surface area contributed by atoms with Crippen molar-refractivity contribution >= 4 is 40.7 Å². The van der Waals surface area contributed by atoms with Gasteiger partial charge in [0.2, 0.25) is 0 Å². The molecule has 1 fully saturated rings. The number of halogens is 2. The van der Waals surface area contributed by atoms with E-state index in [0.29, 0.717) is 22.2 Å². The molecule has 1 atom stereocenters. The van der Waals surface area contributed by atoms with E-state index >= 15 is 0 Å². The largest absolute Gasteiger partial charge is 0.365 e. The Bertz CT molecular complexity index is 824. The Morgan fingerprint density at radius 2 is 1.92 bits per heavy atom. The van der Waals surface area contributed by atoms with Gasteiger partial charge in [-0.25, -0.2) is 0 Å². The van der Waals surface area contributed by atoms with Crippen LogP contribution in [0.25, 0.3) is 0 Å². The van der Waals surface area contributed by atoms with Crippen LogP contribution in [0.4, 0.5) is 5.69 Å². The second-order valence-electron chi connectivity index (χ2n) is 6.11. The van der Waals surface area contributed by atoms with E-state index in [9.17, 15) is 9.59 Å². The topological polar surface area (TPSA) is 58.6 Å². The van der Waals surface area contributed by atoms with Gasteiger partial charge in [-0.15, -0.1) is 0 Å². The number of ether oxygens (including phenoxy) is 1. The molecular weight excluding hydrogens is 375 g/mol. The van der Waals surface area contributed by atoms with Gasteiger partial charge in [-0.3, -0.25) is 9.59 Å². The minimum absolute atomic E-state index is 0.0127. The van der Waals surface area contributed by atoms with Crippen molar-refractivity contribution in [2.45, 2.75) is 13.0 Å². The summed E-state index contributed by atoms with van der Waals surface area (Å²) in [4.78, 5) is 26.1. The summed E-state index contributed by atoms with van der Waals surface area (Å²) in [5, 5.41) is 3.53. The number of carbonyl (C=O) groups excluding carboxylic acids is 2. The van der Waals surface area contributed by atoms with E-state index in [1.165, 1.54) is 6.07 Å². The third-order valence-corrected chi connectivity index (χ3v) is 4.89. The Morgan fingerprint density at radius 1 is 1.19 bits per heavy atom. The maximum Gasteiger partial charge on any atom is 0.253 e. The highest BCUT2D eigenvalue weighted by Crippen LogP contribution is 2.23. The van der Waals surface area contributed by atoms with Crippen molar-refractivity contribution in [2.75, 3.05) is 24.6 Å². The number of amides is 2. The molecule has 1 aliphatic rings. The van der Waals surface area contributed by atoms with Gasteiger partial charge in [-0.05, 0) is 37.3 Å². The molecule has 1 heterocycles. The lowest BCUT2D eigenvalue weighted by Crippen LogP contribution is -2.50. The minimum Gasteiger partial charge on any atom is -0.365 e. The van der Waals surface area contributed by atoms with E-state index in [1.54, 1.807) is 17.0 Å². The number of benzene rings is 2. The lowest BCUT2D eigenvalue weighted by Gasteiger charge is -2.33. The van der Waals surface area contributed by atoms with Crippen LogP contribution < -0.4 is 10.2 Å². The summed E-state index contributed by atoms with van der Waals surface area (Å²) in [5.74, 6) is -0.369. The van der Waals surface area contributed by atoms with Gasteiger partial charge in [-0.2, -0.15) is 0 Å². The van der Waals surface area contributed by atoms with E-state index in [0.717, 1.165) is 11.3 Å². The number of hydrogen-bond acceptors (Lipinski definition) is 3. The fourth-order valence-corrected chi connectivity index (χ4v) is 2.97. The average molecular weight is 393 g/mol. The SMILES string of the molecule is Cc1ccc(N2CC(CNC(=O)c3ccc(Cl)c(Cl)c3)OCC2=O)cc1. The standard InChI is InChI=1S/C19H18Cl2N2O3/c1-12-2-5-14(6-3-12)23-10-15(26-11-18(23)24)9-22-19(25)13-4-7-16(20)17(21)8-13/h2-8,15H,9-11H2,1H3,(H,22,25). The number of nitrogens with zero attached hydrogens (tertiary/aromatic N) is 1. The van der Waals surface area contributed by atoms with Crippen LogP contribution in [-0.2, 0) is 9.53 Å². The highest BCUT2D eigenvalue weighted by Gasteiger charge is 2.27. The van der Waals surface area contributed by atoms with Crippen LogP contribution in [0.15, 0.2) is 42.5 Å². The van der Waals surface area contributed by atoms with Crippen LogP contribution in [-0.4, -0.2) is 37.6 Å². The maximum atomic E-state index is 12.3. The molecule has 2 aromatic carbocycles. The van der Waals surface area contributed by atoms with Gasteiger partial charge in [0, 0.05) is 17.8 Å². The van der Waals surface area contributed by atoms with Crippen molar-refractivity contribution in [3.63, 3.8) is 0 Å². The Balaban J connectivity index is 1.61. The zero-order valence-corrected chi connectivity index (χ0v) is 15.7. The molecule has 1 unspecified atom stereocenters. The van der Waals surface area contributed by atoms with Gasteiger partial charge in [-0.1, -0.05) is 40.9 Å². The number of anilines is 1. The molecule has 0 bridgehead atoms. The smallest absolute Gasteiger partial charge is 0.253 e. The van der Waals surface area contributed by atoms with Crippen LogP contribution in [0.5, 0.6) is 0 Å². The van der Waals surface area contributed by atoms with Gasteiger partial charge in [0.25, 0.3) is 11.8 Å². The number of aryl methyl sites for hydroxylation is 1. The van der Waals surface area contributed by atoms with E-state index in [4.69, 9.17) is 27.9 Å². The van der Waals surface area contributed by atoms with Gasteiger partial charge in [0.05, 0.1) is 22.7 Å². The molecule has 0 saturated carbocycles. The molecule has 0 aliphatic carbocycles. The van der Waals surface area contributed by atoms with Crippen molar-refractivity contribution in [2.24, 2.45) is 0 Å². The van der Waals surface area contributed by atoms with Gasteiger partial charge < -0.3 is 15.0 Å². The molecule has 1 aliphatic heterocycles. The molecule has 0 aromatic heterocycles. The van der Waals surface area contributed by atoms with Crippen LogP contribution in [0.3, 0.4) is 0 Å². The molecule has 136 valence electrons. The predicted octanol–water partition coefficient (Wildman–Crippen LogP) is 3.46. The Morgan fingerprint density at radius 3 is 2.62 bits per heavy atom. The molecule has 7 heteroatoms. The summed E-state index contributed by atoms with van der Waals surface area (Å²) >= 11 is 11.8. The lowest BCUT2D eigenvalue weighted by molar-refractivity contribution is -0.129. The first kappa shape index (κ1) is 18.7. The molecule has 26 heavy (non-hydrogen) atoms. The molecule has 3 rings (SSSR count). The summed E-state index contributed by atoms with van der Waals surface area (Å²) in [7, 11) is 0. The quantitative estimate of drug-likeness (QED) is 0.866. The third kappa shape index (κ3) is 4.36. The van der Waals surface area contributed by atoms with Crippen molar-refractivity contribution in [1.82, 2.24) is 5.32 Å². The van der Waals surface area contributed by atoms with Crippen LogP contribution in [0.1, 0.15) is 15.9 Å². The van der Waals surface area contributed by atoms with Crippen LogP contribution in [0, 0.1) is 6.92 Å². The highest BCUT2D eigenvalue weighted by molar-refractivity contribution is 6.42. The van der Waals surface area contributed by atoms with Crippen molar-refractivity contribution in [3.8, 4) is 0 Å². The molecule has 1 saturated heterocycles. The average Bonchev–Trinajstić information content (AvgIpc) is 2.64. The molecule has 0 radical (unpaired) electrons. The summed E-state index contributed by atoms with van der Waals surface area (Å²) in [6.45, 7) is 2.64. The van der Waals surface area contributed by atoms with E-state index < -0.39 is 0 Å².